The fraction of sp³-hybridized carbons (Fsp3) is 0.571. The lowest BCUT2D eigenvalue weighted by Gasteiger charge is -2.36. The first-order valence-corrected chi connectivity index (χ1v) is 10.3. The van der Waals surface area contributed by atoms with Crippen LogP contribution >= 0.6 is 0 Å². The van der Waals surface area contributed by atoms with Crippen LogP contribution in [0.3, 0.4) is 0 Å². The molecule has 0 radical (unpaired) electrons. The molecule has 8 heteroatoms. The fourth-order valence-electron chi connectivity index (χ4n) is 4.03. The molecule has 1 amide bonds. The van der Waals surface area contributed by atoms with Gasteiger partial charge < -0.3 is 20.3 Å². The summed E-state index contributed by atoms with van der Waals surface area (Å²) in [5.74, 6) is -1.09. The standard InChI is InChI=1S/C21H29FN4O3/c22-20-16(14-29-19(27)13-18(23)24)5-4-6-17(20)25-11-7-15(8-12-25)21(28)26-9-2-1-3-10-26/h4-6,15H,1-3,7-14H2,(H3,23,24). The first kappa shape index (κ1) is 21.1. The number of hydrogen-bond donors (Lipinski definition) is 2. The van der Waals surface area contributed by atoms with E-state index in [-0.39, 0.29) is 36.3 Å². The van der Waals surface area contributed by atoms with Crippen LogP contribution in [0.2, 0.25) is 0 Å². The Balaban J connectivity index is 1.57. The highest BCUT2D eigenvalue weighted by Gasteiger charge is 2.30. The molecule has 0 atom stereocenters. The SMILES string of the molecule is N=C(N)CC(=O)OCc1cccc(N2CCC(C(=O)N3CCCCC3)CC2)c1F. The van der Waals surface area contributed by atoms with Crippen LogP contribution in [0.15, 0.2) is 18.2 Å². The summed E-state index contributed by atoms with van der Waals surface area (Å²) in [6.07, 6.45) is 4.49. The average Bonchev–Trinajstić information content (AvgIpc) is 2.73. The molecule has 2 heterocycles. The van der Waals surface area contributed by atoms with E-state index in [0.29, 0.717) is 31.6 Å². The summed E-state index contributed by atoms with van der Waals surface area (Å²) in [5, 5.41) is 7.10. The van der Waals surface area contributed by atoms with Gasteiger partial charge in [-0.25, -0.2) is 4.39 Å². The normalized spacial score (nSPS) is 17.8. The Hall–Kier alpha value is -2.64. The molecular weight excluding hydrogens is 375 g/mol. The van der Waals surface area contributed by atoms with Crippen LogP contribution in [0, 0.1) is 17.1 Å². The molecule has 0 spiro atoms. The number of amides is 1. The number of nitrogens with one attached hydrogen (secondary N) is 1. The molecule has 3 N–H and O–H groups in total. The summed E-state index contributed by atoms with van der Waals surface area (Å²) in [4.78, 5) is 28.2. The van der Waals surface area contributed by atoms with Gasteiger partial charge in [-0.2, -0.15) is 0 Å². The van der Waals surface area contributed by atoms with E-state index < -0.39 is 11.8 Å². The Morgan fingerprint density at radius 1 is 1.14 bits per heavy atom. The van der Waals surface area contributed by atoms with E-state index in [1.54, 1.807) is 18.2 Å². The number of esters is 1. The van der Waals surface area contributed by atoms with Crippen LogP contribution in [-0.2, 0) is 20.9 Å². The monoisotopic (exact) mass is 404 g/mol. The minimum atomic E-state index is -0.653. The second-order valence-electron chi connectivity index (χ2n) is 7.76. The molecule has 0 aromatic heterocycles. The quantitative estimate of drug-likeness (QED) is 0.431. The number of amidine groups is 1. The van der Waals surface area contributed by atoms with Crippen molar-refractivity contribution in [3.8, 4) is 0 Å². The minimum Gasteiger partial charge on any atom is -0.460 e. The number of likely N-dealkylation sites (tertiary alicyclic amines) is 1. The second-order valence-corrected chi connectivity index (χ2v) is 7.76. The van der Waals surface area contributed by atoms with Gasteiger partial charge in [0.2, 0.25) is 5.91 Å². The van der Waals surface area contributed by atoms with Crippen molar-refractivity contribution in [3.63, 3.8) is 0 Å². The highest BCUT2D eigenvalue weighted by atomic mass is 19.1. The molecule has 1 aromatic rings. The van der Waals surface area contributed by atoms with Gasteiger partial charge in [-0.05, 0) is 38.2 Å². The van der Waals surface area contributed by atoms with Gasteiger partial charge in [0, 0.05) is 37.7 Å². The Bertz CT molecular complexity index is 756. The molecule has 2 aliphatic heterocycles. The zero-order valence-corrected chi connectivity index (χ0v) is 16.7. The topological polar surface area (TPSA) is 99.7 Å². The van der Waals surface area contributed by atoms with Crippen molar-refractivity contribution in [1.82, 2.24) is 4.90 Å². The Kier molecular flexibility index (Phi) is 7.06. The van der Waals surface area contributed by atoms with E-state index in [4.69, 9.17) is 15.9 Å². The molecule has 2 saturated heterocycles. The Labute approximate surface area is 170 Å². The first-order chi connectivity index (χ1) is 14.0. The lowest BCUT2D eigenvalue weighted by molar-refractivity contribution is -0.143. The smallest absolute Gasteiger partial charge is 0.313 e. The van der Waals surface area contributed by atoms with Crippen LogP contribution in [0.4, 0.5) is 10.1 Å². The molecular formula is C21H29FN4O3. The van der Waals surface area contributed by atoms with Crippen LogP contribution in [0.5, 0.6) is 0 Å². The van der Waals surface area contributed by atoms with E-state index in [1.807, 2.05) is 9.80 Å². The average molecular weight is 404 g/mol. The van der Waals surface area contributed by atoms with Gasteiger partial charge in [0.1, 0.15) is 18.9 Å². The number of nitrogens with two attached hydrogens (primary N) is 1. The van der Waals surface area contributed by atoms with Gasteiger partial charge in [-0.15, -0.1) is 0 Å². The van der Waals surface area contributed by atoms with Crippen molar-refractivity contribution in [2.24, 2.45) is 11.7 Å². The molecule has 2 fully saturated rings. The van der Waals surface area contributed by atoms with Crippen LogP contribution < -0.4 is 10.6 Å². The van der Waals surface area contributed by atoms with Gasteiger partial charge in [-0.3, -0.25) is 15.0 Å². The fourth-order valence-corrected chi connectivity index (χ4v) is 4.03. The van der Waals surface area contributed by atoms with Crippen molar-refractivity contribution >= 4 is 23.4 Å². The first-order valence-electron chi connectivity index (χ1n) is 10.3. The van der Waals surface area contributed by atoms with Crippen LogP contribution in [-0.4, -0.2) is 48.8 Å². The summed E-state index contributed by atoms with van der Waals surface area (Å²) in [5.41, 5.74) is 5.92. The van der Waals surface area contributed by atoms with Crippen molar-refractivity contribution in [3.05, 3.63) is 29.6 Å². The number of nitrogens with zero attached hydrogens (tertiary/aromatic N) is 2. The number of piperidine rings is 2. The third-order valence-electron chi connectivity index (χ3n) is 5.63. The van der Waals surface area contributed by atoms with Crippen LogP contribution in [0.1, 0.15) is 44.1 Å². The highest BCUT2D eigenvalue weighted by molar-refractivity contribution is 5.94. The van der Waals surface area contributed by atoms with E-state index in [0.717, 1.165) is 25.9 Å². The summed E-state index contributed by atoms with van der Waals surface area (Å²) in [7, 11) is 0. The number of benzene rings is 1. The number of halogens is 1. The molecule has 3 rings (SSSR count). The summed E-state index contributed by atoms with van der Waals surface area (Å²) in [6, 6.07) is 5.02. The second kappa shape index (κ2) is 9.71. The highest BCUT2D eigenvalue weighted by Crippen LogP contribution is 2.29. The molecule has 29 heavy (non-hydrogen) atoms. The lowest BCUT2D eigenvalue weighted by Crippen LogP contribution is -2.44. The molecule has 0 saturated carbocycles. The van der Waals surface area contributed by atoms with E-state index in [2.05, 4.69) is 0 Å². The number of carbonyl (C=O) groups is 2. The van der Waals surface area contributed by atoms with Crippen molar-refractivity contribution in [2.75, 3.05) is 31.1 Å². The number of rotatable bonds is 6. The maximum Gasteiger partial charge on any atom is 0.313 e. The maximum absolute atomic E-state index is 14.9. The van der Waals surface area contributed by atoms with E-state index in [1.165, 1.54) is 6.42 Å². The summed E-state index contributed by atoms with van der Waals surface area (Å²) in [6.45, 7) is 2.76. The van der Waals surface area contributed by atoms with Crippen molar-refractivity contribution in [1.29, 1.82) is 5.41 Å². The zero-order chi connectivity index (χ0) is 20.8. The maximum atomic E-state index is 14.9. The van der Waals surface area contributed by atoms with Crippen molar-refractivity contribution in [2.45, 2.75) is 45.1 Å². The summed E-state index contributed by atoms with van der Waals surface area (Å²) < 4.78 is 20.0. The number of ether oxygens (including phenoxy) is 1. The molecule has 158 valence electrons. The van der Waals surface area contributed by atoms with Gasteiger partial charge in [0.05, 0.1) is 5.69 Å². The molecule has 2 aliphatic rings. The number of hydrogen-bond acceptors (Lipinski definition) is 5. The molecule has 7 nitrogen and oxygen atoms in total. The third-order valence-corrected chi connectivity index (χ3v) is 5.63. The molecule has 0 bridgehead atoms. The van der Waals surface area contributed by atoms with Gasteiger partial charge >= 0.3 is 5.97 Å². The lowest BCUT2D eigenvalue weighted by atomic mass is 9.94. The largest absolute Gasteiger partial charge is 0.460 e. The molecule has 1 aromatic carbocycles. The zero-order valence-electron chi connectivity index (χ0n) is 16.7. The minimum absolute atomic E-state index is 0.0168. The number of carbonyl (C=O) groups excluding carboxylic acids is 2. The van der Waals surface area contributed by atoms with Gasteiger partial charge in [-0.1, -0.05) is 12.1 Å². The summed E-state index contributed by atoms with van der Waals surface area (Å²) >= 11 is 0. The van der Waals surface area contributed by atoms with Gasteiger partial charge in [0.15, 0.2) is 5.82 Å². The number of anilines is 1. The van der Waals surface area contributed by atoms with Crippen LogP contribution in [0.25, 0.3) is 0 Å². The van der Waals surface area contributed by atoms with E-state index in [9.17, 15) is 14.0 Å². The van der Waals surface area contributed by atoms with Gasteiger partial charge in [0.25, 0.3) is 0 Å². The third kappa shape index (κ3) is 5.46. The Morgan fingerprint density at radius 2 is 1.83 bits per heavy atom. The Morgan fingerprint density at radius 3 is 2.48 bits per heavy atom. The van der Waals surface area contributed by atoms with E-state index >= 15 is 0 Å². The molecule has 0 aliphatic carbocycles. The van der Waals surface area contributed by atoms with Crippen molar-refractivity contribution < 1.29 is 18.7 Å². The predicted octanol–water partition coefficient (Wildman–Crippen LogP) is 2.42. The molecule has 0 unspecified atom stereocenters. The predicted molar refractivity (Wildman–Crippen MR) is 108 cm³/mol.